The van der Waals surface area contributed by atoms with Crippen LogP contribution < -0.4 is 5.32 Å². The summed E-state index contributed by atoms with van der Waals surface area (Å²) in [6.45, 7) is 0. The fourth-order valence-electron chi connectivity index (χ4n) is 1.43. The van der Waals surface area contributed by atoms with Crippen molar-refractivity contribution in [2.24, 2.45) is 0 Å². The van der Waals surface area contributed by atoms with Gasteiger partial charge >= 0.3 is 0 Å². The van der Waals surface area contributed by atoms with Crippen LogP contribution >= 0.6 is 22.6 Å². The van der Waals surface area contributed by atoms with E-state index in [9.17, 15) is 4.79 Å². The molecule has 2 rings (SSSR count). The molecule has 4 nitrogen and oxygen atoms in total. The molecule has 0 spiro atoms. The van der Waals surface area contributed by atoms with Gasteiger partial charge in [-0.2, -0.15) is 5.26 Å². The lowest BCUT2D eigenvalue weighted by Crippen LogP contribution is -2.07. The van der Waals surface area contributed by atoms with Crippen molar-refractivity contribution in [2.45, 2.75) is 0 Å². The molecule has 0 saturated heterocycles. The second-order valence-corrected chi connectivity index (χ2v) is 4.72. The molecule has 0 aliphatic rings. The van der Waals surface area contributed by atoms with Gasteiger partial charge in [0.05, 0.1) is 11.6 Å². The van der Waals surface area contributed by atoms with Crippen molar-refractivity contribution in [3.8, 4) is 6.07 Å². The van der Waals surface area contributed by atoms with Gasteiger partial charge in [-0.3, -0.25) is 4.79 Å². The zero-order valence-electron chi connectivity index (χ0n) is 9.76. The average Bonchev–Trinajstić information content (AvgIpc) is 2.82. The number of hydrogen-bond acceptors (Lipinski definition) is 3. The summed E-state index contributed by atoms with van der Waals surface area (Å²) >= 11 is 2.05. The van der Waals surface area contributed by atoms with Crippen molar-refractivity contribution in [3.63, 3.8) is 0 Å². The number of rotatable bonds is 3. The Balaban J connectivity index is 2.01. The highest BCUT2D eigenvalue weighted by Gasteiger charge is 2.00. The van der Waals surface area contributed by atoms with Gasteiger partial charge < -0.3 is 9.73 Å². The molecule has 1 heterocycles. The molecular weight excluding hydrogens is 355 g/mol. The normalized spacial score (nSPS) is 10.3. The third-order valence-electron chi connectivity index (χ3n) is 2.25. The van der Waals surface area contributed by atoms with Gasteiger partial charge in [-0.15, -0.1) is 0 Å². The predicted molar refractivity (Wildman–Crippen MR) is 80.2 cm³/mol. The van der Waals surface area contributed by atoms with E-state index in [1.807, 2.05) is 12.1 Å². The lowest BCUT2D eigenvalue weighted by molar-refractivity contribution is -0.111. The number of carbonyl (C=O) groups excluding carboxylic acids is 1. The first kappa shape index (κ1) is 13.4. The topological polar surface area (TPSA) is 66.0 Å². The van der Waals surface area contributed by atoms with E-state index in [4.69, 9.17) is 9.68 Å². The van der Waals surface area contributed by atoms with E-state index in [0.717, 1.165) is 3.77 Å². The number of nitriles is 1. The monoisotopic (exact) mass is 364 g/mol. The van der Waals surface area contributed by atoms with E-state index < -0.39 is 0 Å². The van der Waals surface area contributed by atoms with Gasteiger partial charge in [-0.05, 0) is 59.0 Å². The van der Waals surface area contributed by atoms with E-state index >= 15 is 0 Å². The fourth-order valence-corrected chi connectivity index (χ4v) is 1.86. The maximum atomic E-state index is 11.7. The highest BCUT2D eigenvalue weighted by atomic mass is 127. The van der Waals surface area contributed by atoms with Crippen molar-refractivity contribution in [3.05, 3.63) is 57.6 Å². The summed E-state index contributed by atoms with van der Waals surface area (Å²) in [7, 11) is 0. The minimum absolute atomic E-state index is 0.276. The van der Waals surface area contributed by atoms with Crippen LogP contribution in [0.2, 0.25) is 0 Å². The van der Waals surface area contributed by atoms with Crippen LogP contribution in [0.5, 0.6) is 0 Å². The number of halogens is 1. The number of nitrogens with zero attached hydrogens (tertiary/aromatic N) is 1. The maximum absolute atomic E-state index is 11.7. The first-order valence-electron chi connectivity index (χ1n) is 5.42. The number of furan rings is 1. The first-order chi connectivity index (χ1) is 9.17. The molecule has 5 heteroatoms. The third kappa shape index (κ3) is 3.96. The Morgan fingerprint density at radius 1 is 1.37 bits per heavy atom. The summed E-state index contributed by atoms with van der Waals surface area (Å²) in [5.74, 6) is 0.340. The van der Waals surface area contributed by atoms with Crippen LogP contribution in [-0.2, 0) is 4.79 Å². The van der Waals surface area contributed by atoms with Crippen molar-refractivity contribution in [2.75, 3.05) is 5.32 Å². The van der Waals surface area contributed by atoms with Crippen molar-refractivity contribution in [1.29, 1.82) is 5.26 Å². The molecule has 0 bridgehead atoms. The summed E-state index contributed by atoms with van der Waals surface area (Å²) in [5, 5.41) is 11.4. The highest BCUT2D eigenvalue weighted by Crippen LogP contribution is 2.12. The highest BCUT2D eigenvalue weighted by molar-refractivity contribution is 14.1. The minimum Gasteiger partial charge on any atom is -0.451 e. The first-order valence-corrected chi connectivity index (χ1v) is 6.50. The number of benzene rings is 1. The molecule has 2 aromatic rings. The molecular formula is C14H9IN2O2. The van der Waals surface area contributed by atoms with Crippen molar-refractivity contribution in [1.82, 2.24) is 0 Å². The van der Waals surface area contributed by atoms with Crippen LogP contribution in [0, 0.1) is 15.1 Å². The second kappa shape index (κ2) is 6.20. The van der Waals surface area contributed by atoms with Crippen LogP contribution in [0.1, 0.15) is 11.3 Å². The van der Waals surface area contributed by atoms with Crippen LogP contribution in [0.15, 0.2) is 46.9 Å². The minimum atomic E-state index is -0.276. The Kier molecular flexibility index (Phi) is 4.36. The van der Waals surface area contributed by atoms with E-state index in [0.29, 0.717) is 17.0 Å². The molecule has 1 aromatic carbocycles. The molecule has 0 aliphatic carbocycles. The quantitative estimate of drug-likeness (QED) is 0.671. The zero-order chi connectivity index (χ0) is 13.7. The van der Waals surface area contributed by atoms with Gasteiger partial charge in [0.2, 0.25) is 5.91 Å². The Labute approximate surface area is 123 Å². The molecule has 94 valence electrons. The number of carbonyl (C=O) groups is 1. The van der Waals surface area contributed by atoms with Crippen molar-refractivity contribution < 1.29 is 9.21 Å². The fraction of sp³-hybridized carbons (Fsp3) is 0. The standard InChI is InChI=1S/C14H9IN2O2/c15-13-6-4-12(19-13)5-7-14(18)17-11-3-1-2-10(8-11)9-16/h1-8H,(H,17,18). The van der Waals surface area contributed by atoms with Crippen LogP contribution in [0.25, 0.3) is 6.08 Å². The van der Waals surface area contributed by atoms with Crippen LogP contribution in [0.3, 0.4) is 0 Å². The zero-order valence-corrected chi connectivity index (χ0v) is 11.9. The summed E-state index contributed by atoms with van der Waals surface area (Å²) in [4.78, 5) is 11.7. The molecule has 0 aliphatic heterocycles. The summed E-state index contributed by atoms with van der Waals surface area (Å²) in [6.07, 6.45) is 2.97. The van der Waals surface area contributed by atoms with E-state index in [1.165, 1.54) is 6.08 Å². The Morgan fingerprint density at radius 2 is 2.21 bits per heavy atom. The number of nitrogens with one attached hydrogen (secondary N) is 1. The van der Waals surface area contributed by atoms with Gasteiger partial charge in [0.15, 0.2) is 3.77 Å². The van der Waals surface area contributed by atoms with E-state index in [-0.39, 0.29) is 5.91 Å². The smallest absolute Gasteiger partial charge is 0.248 e. The largest absolute Gasteiger partial charge is 0.451 e. The van der Waals surface area contributed by atoms with Gasteiger partial charge in [-0.25, -0.2) is 0 Å². The molecule has 0 fully saturated rings. The number of anilines is 1. The Bertz CT molecular complexity index is 668. The summed E-state index contributed by atoms with van der Waals surface area (Å²) in [6, 6.07) is 12.3. The second-order valence-electron chi connectivity index (χ2n) is 3.66. The third-order valence-corrected chi connectivity index (χ3v) is 2.83. The summed E-state index contributed by atoms with van der Waals surface area (Å²) in [5.41, 5.74) is 1.09. The molecule has 0 atom stereocenters. The molecule has 0 unspecified atom stereocenters. The van der Waals surface area contributed by atoms with Crippen molar-refractivity contribution >= 4 is 40.3 Å². The number of hydrogen-bond donors (Lipinski definition) is 1. The molecule has 1 amide bonds. The number of amides is 1. The SMILES string of the molecule is N#Cc1cccc(NC(=O)C=Cc2ccc(I)o2)c1. The Morgan fingerprint density at radius 3 is 2.89 bits per heavy atom. The van der Waals surface area contributed by atoms with Gasteiger partial charge in [0.1, 0.15) is 5.76 Å². The molecule has 0 radical (unpaired) electrons. The van der Waals surface area contributed by atoms with Crippen LogP contribution in [-0.4, -0.2) is 5.91 Å². The van der Waals surface area contributed by atoms with Gasteiger partial charge in [0, 0.05) is 11.8 Å². The van der Waals surface area contributed by atoms with Crippen LogP contribution in [0.4, 0.5) is 5.69 Å². The maximum Gasteiger partial charge on any atom is 0.248 e. The molecule has 1 N–H and O–H groups in total. The van der Waals surface area contributed by atoms with E-state index in [1.54, 1.807) is 36.4 Å². The predicted octanol–water partition coefficient (Wildman–Crippen LogP) is 3.41. The lowest BCUT2D eigenvalue weighted by atomic mass is 10.2. The molecule has 1 aromatic heterocycles. The van der Waals surface area contributed by atoms with Gasteiger partial charge in [0.25, 0.3) is 0 Å². The van der Waals surface area contributed by atoms with E-state index in [2.05, 4.69) is 27.9 Å². The average molecular weight is 364 g/mol. The molecule has 0 saturated carbocycles. The summed E-state index contributed by atoms with van der Waals surface area (Å²) < 4.78 is 6.06. The Hall–Kier alpha value is -2.07. The lowest BCUT2D eigenvalue weighted by Gasteiger charge is -2.01. The molecule has 19 heavy (non-hydrogen) atoms. The van der Waals surface area contributed by atoms with Gasteiger partial charge in [-0.1, -0.05) is 6.07 Å².